The number of likely N-dealkylation sites (N-methyl/N-ethyl adjacent to an activating group) is 1. The van der Waals surface area contributed by atoms with E-state index in [9.17, 15) is 9.59 Å². The highest BCUT2D eigenvalue weighted by atomic mass is 16.2. The Bertz CT molecular complexity index is 840. The molecule has 1 aromatic carbocycles. The first-order chi connectivity index (χ1) is 13.0. The van der Waals surface area contributed by atoms with Crippen molar-refractivity contribution in [3.05, 3.63) is 66.3 Å². The zero-order valence-electron chi connectivity index (χ0n) is 15.8. The van der Waals surface area contributed by atoms with E-state index >= 15 is 0 Å². The quantitative estimate of drug-likeness (QED) is 0.783. The minimum atomic E-state index is -0.186. The maximum absolute atomic E-state index is 12.8. The summed E-state index contributed by atoms with van der Waals surface area (Å²) in [6.45, 7) is 6.84. The molecule has 0 atom stereocenters. The first kappa shape index (κ1) is 18.8. The molecule has 1 aromatic heterocycles. The maximum Gasteiger partial charge on any atom is 0.253 e. The summed E-state index contributed by atoms with van der Waals surface area (Å²) < 4.78 is 0. The molecule has 0 bridgehead atoms. The van der Waals surface area contributed by atoms with Gasteiger partial charge in [-0.25, -0.2) is 9.97 Å². The van der Waals surface area contributed by atoms with Crippen molar-refractivity contribution in [3.63, 3.8) is 0 Å². The molecule has 1 aliphatic heterocycles. The molecule has 140 valence electrons. The van der Waals surface area contributed by atoms with E-state index in [2.05, 4.69) is 16.5 Å². The topological polar surface area (TPSA) is 66.4 Å². The Balaban J connectivity index is 1.62. The van der Waals surface area contributed by atoms with E-state index in [4.69, 9.17) is 0 Å². The average Bonchev–Trinajstić information content (AvgIpc) is 2.72. The van der Waals surface area contributed by atoms with E-state index in [0.717, 1.165) is 30.0 Å². The summed E-state index contributed by atoms with van der Waals surface area (Å²) in [7, 11) is 1.68. The van der Waals surface area contributed by atoms with Crippen molar-refractivity contribution in [2.45, 2.75) is 25.7 Å². The molecule has 0 spiro atoms. The van der Waals surface area contributed by atoms with Crippen molar-refractivity contribution in [1.82, 2.24) is 14.9 Å². The van der Waals surface area contributed by atoms with Crippen LogP contribution in [0.2, 0.25) is 0 Å². The zero-order valence-corrected chi connectivity index (χ0v) is 15.8. The summed E-state index contributed by atoms with van der Waals surface area (Å²) in [5, 5.41) is 0. The molecule has 2 heterocycles. The summed E-state index contributed by atoms with van der Waals surface area (Å²) in [5.74, 6) is 1.01. The molecule has 27 heavy (non-hydrogen) atoms. The van der Waals surface area contributed by atoms with Crippen LogP contribution in [-0.4, -0.2) is 46.8 Å². The van der Waals surface area contributed by atoms with Gasteiger partial charge in [-0.1, -0.05) is 6.58 Å². The molecule has 0 N–H and O–H groups in total. The van der Waals surface area contributed by atoms with Gasteiger partial charge in [0.05, 0.1) is 0 Å². The number of carbonyl (C=O) groups excluding carboxylic acids is 2. The molecule has 1 aliphatic rings. The highest BCUT2D eigenvalue weighted by Crippen LogP contribution is 2.26. The number of hydrogen-bond acceptors (Lipinski definition) is 4. The van der Waals surface area contributed by atoms with Crippen LogP contribution in [0.1, 0.15) is 40.6 Å². The summed E-state index contributed by atoms with van der Waals surface area (Å²) in [4.78, 5) is 36.7. The Kier molecular flexibility index (Phi) is 5.64. The molecule has 6 nitrogen and oxygen atoms in total. The smallest absolute Gasteiger partial charge is 0.253 e. The van der Waals surface area contributed by atoms with Crippen LogP contribution in [0.3, 0.4) is 0 Å². The van der Waals surface area contributed by atoms with Gasteiger partial charge in [-0.2, -0.15) is 0 Å². The van der Waals surface area contributed by atoms with Crippen LogP contribution < -0.4 is 4.90 Å². The Hall–Kier alpha value is -3.02. The molecule has 0 radical (unpaired) electrons. The molecule has 1 saturated heterocycles. The Morgan fingerprint density at radius 1 is 1.19 bits per heavy atom. The summed E-state index contributed by atoms with van der Waals surface area (Å²) in [5.41, 5.74) is 2.33. The monoisotopic (exact) mass is 364 g/mol. The first-order valence-corrected chi connectivity index (χ1v) is 9.08. The van der Waals surface area contributed by atoms with E-state index in [1.54, 1.807) is 37.5 Å². The fraction of sp³-hybridized carbons (Fsp3) is 0.333. The lowest BCUT2D eigenvalue weighted by Gasteiger charge is -2.31. The number of carbonyl (C=O) groups is 2. The number of benzene rings is 1. The molecular formula is C21H24N4O2. The van der Waals surface area contributed by atoms with Gasteiger partial charge in [0.15, 0.2) is 0 Å². The second-order valence-corrected chi connectivity index (χ2v) is 6.77. The molecule has 2 aromatic rings. The van der Waals surface area contributed by atoms with E-state index in [-0.39, 0.29) is 11.8 Å². The number of rotatable bonds is 4. The number of anilines is 1. The normalized spacial score (nSPS) is 14.7. The van der Waals surface area contributed by atoms with Crippen molar-refractivity contribution in [2.24, 2.45) is 0 Å². The number of aryl methyl sites for hydroxylation is 1. The predicted molar refractivity (Wildman–Crippen MR) is 105 cm³/mol. The SMILES string of the molecule is C=CC(=O)N(C)c1ccc(C(=O)N2CCC(c3nccc(C)n3)CC2)cc1. The highest BCUT2D eigenvalue weighted by Gasteiger charge is 2.26. The van der Waals surface area contributed by atoms with Gasteiger partial charge in [-0.05, 0) is 56.2 Å². The third-order valence-corrected chi connectivity index (χ3v) is 4.97. The largest absolute Gasteiger partial charge is 0.339 e. The van der Waals surface area contributed by atoms with Gasteiger partial charge >= 0.3 is 0 Å². The molecule has 0 unspecified atom stereocenters. The van der Waals surface area contributed by atoms with Gasteiger partial charge in [0.1, 0.15) is 5.82 Å². The molecule has 6 heteroatoms. The third kappa shape index (κ3) is 4.22. The average molecular weight is 364 g/mol. The van der Waals surface area contributed by atoms with Crippen LogP contribution in [0.25, 0.3) is 0 Å². The van der Waals surface area contributed by atoms with Crippen LogP contribution in [0.4, 0.5) is 5.69 Å². The van der Waals surface area contributed by atoms with Crippen molar-refractivity contribution in [3.8, 4) is 0 Å². The lowest BCUT2D eigenvalue weighted by molar-refractivity contribution is -0.113. The van der Waals surface area contributed by atoms with E-state index in [1.165, 1.54) is 11.0 Å². The zero-order chi connectivity index (χ0) is 19.4. The van der Waals surface area contributed by atoms with Gasteiger partial charge in [0, 0.05) is 49.2 Å². The van der Waals surface area contributed by atoms with Gasteiger partial charge in [-0.3, -0.25) is 9.59 Å². The van der Waals surface area contributed by atoms with Gasteiger partial charge in [-0.15, -0.1) is 0 Å². The van der Waals surface area contributed by atoms with E-state index in [0.29, 0.717) is 24.6 Å². The summed E-state index contributed by atoms with van der Waals surface area (Å²) in [6, 6.07) is 8.98. The molecule has 1 fully saturated rings. The van der Waals surface area contributed by atoms with Gasteiger partial charge in [0.25, 0.3) is 5.91 Å². The summed E-state index contributed by atoms with van der Waals surface area (Å²) in [6.07, 6.45) is 4.79. The number of nitrogens with zero attached hydrogens (tertiary/aromatic N) is 4. The van der Waals surface area contributed by atoms with Crippen LogP contribution in [0.5, 0.6) is 0 Å². The lowest BCUT2D eigenvalue weighted by Crippen LogP contribution is -2.38. The number of hydrogen-bond donors (Lipinski definition) is 0. The minimum absolute atomic E-state index is 0.0165. The second kappa shape index (κ2) is 8.12. The number of likely N-dealkylation sites (tertiary alicyclic amines) is 1. The van der Waals surface area contributed by atoms with E-state index in [1.807, 2.05) is 17.9 Å². The predicted octanol–water partition coefficient (Wildman–Crippen LogP) is 2.95. The maximum atomic E-state index is 12.8. The van der Waals surface area contributed by atoms with Gasteiger partial charge in [0.2, 0.25) is 5.91 Å². The second-order valence-electron chi connectivity index (χ2n) is 6.77. The molecule has 0 aliphatic carbocycles. The number of amides is 2. The van der Waals surface area contributed by atoms with Crippen molar-refractivity contribution in [1.29, 1.82) is 0 Å². The number of aromatic nitrogens is 2. The minimum Gasteiger partial charge on any atom is -0.339 e. The van der Waals surface area contributed by atoms with Crippen LogP contribution >= 0.6 is 0 Å². The van der Waals surface area contributed by atoms with Crippen LogP contribution in [0, 0.1) is 6.92 Å². The van der Waals surface area contributed by atoms with Crippen molar-refractivity contribution in [2.75, 3.05) is 25.0 Å². The Morgan fingerprint density at radius 2 is 1.85 bits per heavy atom. The summed E-state index contributed by atoms with van der Waals surface area (Å²) >= 11 is 0. The van der Waals surface area contributed by atoms with Crippen molar-refractivity contribution >= 4 is 17.5 Å². The highest BCUT2D eigenvalue weighted by molar-refractivity contribution is 6.01. The lowest BCUT2D eigenvalue weighted by atomic mass is 9.95. The standard InChI is InChI=1S/C21H24N4O2/c1-4-19(26)24(3)18-7-5-17(6-8-18)21(27)25-13-10-16(11-14-25)20-22-12-9-15(2)23-20/h4-9,12,16H,1,10-11,13-14H2,2-3H3. The van der Waals surface area contributed by atoms with Crippen molar-refractivity contribution < 1.29 is 9.59 Å². The number of piperidine rings is 1. The molecule has 3 rings (SSSR count). The molecular weight excluding hydrogens is 340 g/mol. The first-order valence-electron chi connectivity index (χ1n) is 9.08. The molecule has 2 amide bonds. The molecule has 0 saturated carbocycles. The Morgan fingerprint density at radius 3 is 2.44 bits per heavy atom. The fourth-order valence-corrected chi connectivity index (χ4v) is 3.28. The van der Waals surface area contributed by atoms with E-state index < -0.39 is 0 Å². The van der Waals surface area contributed by atoms with Crippen LogP contribution in [0.15, 0.2) is 49.2 Å². The Labute approximate surface area is 159 Å². The third-order valence-electron chi connectivity index (χ3n) is 4.97. The van der Waals surface area contributed by atoms with Gasteiger partial charge < -0.3 is 9.80 Å². The fourth-order valence-electron chi connectivity index (χ4n) is 3.28. The van der Waals surface area contributed by atoms with Crippen LogP contribution in [-0.2, 0) is 4.79 Å².